The summed E-state index contributed by atoms with van der Waals surface area (Å²) < 4.78 is 46.2. The van der Waals surface area contributed by atoms with E-state index in [1.54, 1.807) is 6.07 Å². The summed E-state index contributed by atoms with van der Waals surface area (Å²) in [6.45, 7) is 0.710. The number of rotatable bonds is 5. The lowest BCUT2D eigenvalue weighted by molar-refractivity contribution is -0.142. The van der Waals surface area contributed by atoms with Crippen LogP contribution in [0.1, 0.15) is 18.2 Å². The Hall–Kier alpha value is -3.85. The number of hydrogen-bond donors (Lipinski definition) is 0. The first-order valence-electron chi connectivity index (χ1n) is 8.72. The summed E-state index contributed by atoms with van der Waals surface area (Å²) in [6.07, 6.45) is -3.35. The van der Waals surface area contributed by atoms with Crippen molar-refractivity contribution in [1.82, 2.24) is 9.55 Å². The van der Waals surface area contributed by atoms with Crippen LogP contribution >= 0.6 is 11.6 Å². The fraction of sp³-hybridized carbons (Fsp3) is 0.211. The Morgan fingerprint density at radius 3 is 2.62 bits per heavy atom. The first-order valence-corrected chi connectivity index (χ1v) is 9.10. The van der Waals surface area contributed by atoms with Crippen molar-refractivity contribution in [3.05, 3.63) is 51.2 Å². The van der Waals surface area contributed by atoms with Gasteiger partial charge in [0.1, 0.15) is 5.75 Å². The number of ketones is 1. The molecule has 164 valence electrons. The average Bonchev–Trinajstić information content (AvgIpc) is 2.70. The van der Waals surface area contributed by atoms with Crippen LogP contribution in [0.5, 0.6) is 11.5 Å². The minimum absolute atomic E-state index is 0.0000227. The van der Waals surface area contributed by atoms with Gasteiger partial charge in [-0.2, -0.15) is 23.4 Å². The van der Waals surface area contributed by atoms with E-state index in [1.807, 2.05) is 0 Å². The highest BCUT2D eigenvalue weighted by atomic mass is 35.5. The molecule has 0 bridgehead atoms. The molecule has 0 spiro atoms. The molecule has 0 saturated heterocycles. The molecule has 32 heavy (non-hydrogen) atoms. The molecule has 0 saturated carbocycles. The molecule has 0 radical (unpaired) electrons. The number of Topliss-reactive ketones (excluding diaryl/α,β-unsaturated/α-hetero) is 1. The lowest BCUT2D eigenvalue weighted by Gasteiger charge is -2.17. The van der Waals surface area contributed by atoms with Gasteiger partial charge in [0.15, 0.2) is 17.3 Å². The maximum atomic E-state index is 13.4. The highest BCUT2D eigenvalue weighted by Gasteiger charge is 2.39. The van der Waals surface area contributed by atoms with Crippen molar-refractivity contribution in [2.45, 2.75) is 19.6 Å². The molecule has 2 aromatic rings. The average molecular weight is 466 g/mol. The SMILES string of the molecule is CC(=O)C1=NC(=O)C(Cn2cnc(C(F)(F)F)c(Oc3cc(Cl)cc(C#N)c3)c2=O)C=N1. The standard InChI is InChI=1S/C19H11ClF3N5O4/c1-9(29)16-25-6-11(17(30)27-16)7-28-8-26-15(19(21,22)23)14(18(28)31)32-13-3-10(5-24)2-12(20)4-13/h2-4,6,8,11H,7H2,1H3. The quantitative estimate of drug-likeness (QED) is 0.668. The second kappa shape index (κ2) is 8.72. The number of amidine groups is 1. The van der Waals surface area contributed by atoms with Crippen molar-refractivity contribution in [2.75, 3.05) is 0 Å². The third-order valence-corrected chi connectivity index (χ3v) is 4.32. The third-order valence-electron chi connectivity index (χ3n) is 4.10. The minimum Gasteiger partial charge on any atom is -0.449 e. The van der Waals surface area contributed by atoms with Crippen molar-refractivity contribution >= 4 is 35.3 Å². The number of nitrogens with zero attached hydrogens (tertiary/aromatic N) is 5. The first-order chi connectivity index (χ1) is 15.0. The smallest absolute Gasteiger partial charge is 0.437 e. The van der Waals surface area contributed by atoms with E-state index in [4.69, 9.17) is 21.6 Å². The van der Waals surface area contributed by atoms with Gasteiger partial charge < -0.3 is 4.74 Å². The maximum Gasteiger partial charge on any atom is 0.437 e. The Kier molecular flexibility index (Phi) is 6.22. The number of alkyl halides is 3. The number of benzene rings is 1. The molecule has 9 nitrogen and oxygen atoms in total. The topological polar surface area (TPSA) is 127 Å². The number of aromatic nitrogens is 2. The van der Waals surface area contributed by atoms with E-state index in [-0.39, 0.29) is 22.2 Å². The van der Waals surface area contributed by atoms with Crippen LogP contribution in [-0.4, -0.2) is 33.3 Å². The fourth-order valence-corrected chi connectivity index (χ4v) is 2.87. The van der Waals surface area contributed by atoms with Crippen LogP contribution in [0, 0.1) is 17.2 Å². The van der Waals surface area contributed by atoms with Crippen LogP contribution < -0.4 is 10.3 Å². The minimum atomic E-state index is -5.03. The van der Waals surface area contributed by atoms with Crippen molar-refractivity contribution in [3.63, 3.8) is 0 Å². The molecule has 1 unspecified atom stereocenters. The summed E-state index contributed by atoms with van der Waals surface area (Å²) in [7, 11) is 0. The molecule has 2 heterocycles. The Labute approximate surface area is 182 Å². The lowest BCUT2D eigenvalue weighted by atomic mass is 10.1. The molecule has 13 heteroatoms. The van der Waals surface area contributed by atoms with Crippen LogP contribution in [0.25, 0.3) is 0 Å². The number of carbonyl (C=O) groups excluding carboxylic acids is 2. The lowest BCUT2D eigenvalue weighted by Crippen LogP contribution is -2.33. The number of amides is 1. The molecule has 1 aliphatic rings. The van der Waals surface area contributed by atoms with Gasteiger partial charge in [0.2, 0.25) is 5.75 Å². The molecule has 0 N–H and O–H groups in total. The molecular formula is C19H11ClF3N5O4. The van der Waals surface area contributed by atoms with Gasteiger partial charge in [-0.3, -0.25) is 19.0 Å². The summed E-state index contributed by atoms with van der Waals surface area (Å²) in [5, 5.41) is 9.00. The Balaban J connectivity index is 2.01. The van der Waals surface area contributed by atoms with Crippen LogP contribution in [-0.2, 0) is 22.3 Å². The summed E-state index contributed by atoms with van der Waals surface area (Å²) in [4.78, 5) is 46.7. The third kappa shape index (κ3) is 4.89. The fourth-order valence-electron chi connectivity index (χ4n) is 2.65. The van der Waals surface area contributed by atoms with E-state index in [2.05, 4.69) is 15.0 Å². The predicted octanol–water partition coefficient (Wildman–Crippen LogP) is 2.79. The van der Waals surface area contributed by atoms with E-state index < -0.39 is 47.3 Å². The summed E-state index contributed by atoms with van der Waals surface area (Å²) in [6, 6.07) is 5.23. The van der Waals surface area contributed by atoms with Crippen molar-refractivity contribution < 1.29 is 27.5 Å². The molecule has 0 aliphatic carbocycles. The van der Waals surface area contributed by atoms with Gasteiger partial charge in [-0.15, -0.1) is 0 Å². The van der Waals surface area contributed by atoms with E-state index in [9.17, 15) is 27.6 Å². The molecule has 1 aliphatic heterocycles. The normalized spacial score (nSPS) is 15.8. The predicted molar refractivity (Wildman–Crippen MR) is 105 cm³/mol. The number of aliphatic imine (C=N–C) groups is 2. The molecule has 1 aromatic heterocycles. The largest absolute Gasteiger partial charge is 0.449 e. The van der Waals surface area contributed by atoms with Crippen molar-refractivity contribution in [1.29, 1.82) is 5.26 Å². The van der Waals surface area contributed by atoms with Gasteiger partial charge in [0.05, 0.1) is 23.9 Å². The second-order valence-electron chi connectivity index (χ2n) is 6.48. The van der Waals surface area contributed by atoms with Gasteiger partial charge in [-0.05, 0) is 18.2 Å². The number of halogens is 4. The van der Waals surface area contributed by atoms with Crippen LogP contribution in [0.2, 0.25) is 5.02 Å². The monoisotopic (exact) mass is 465 g/mol. The van der Waals surface area contributed by atoms with E-state index >= 15 is 0 Å². The molecule has 1 amide bonds. The number of ether oxygens (including phenoxy) is 1. The molecule has 0 fully saturated rings. The molecule has 3 rings (SSSR count). The zero-order chi connectivity index (χ0) is 23.6. The van der Waals surface area contributed by atoms with Gasteiger partial charge in [0.25, 0.3) is 11.5 Å². The van der Waals surface area contributed by atoms with Crippen molar-refractivity contribution in [2.24, 2.45) is 15.9 Å². The molecule has 1 atom stereocenters. The number of hydrogen-bond acceptors (Lipinski definition) is 7. The zero-order valence-corrected chi connectivity index (χ0v) is 16.8. The van der Waals surface area contributed by atoms with Crippen LogP contribution in [0.3, 0.4) is 0 Å². The second-order valence-corrected chi connectivity index (χ2v) is 6.92. The number of carbonyl (C=O) groups is 2. The van der Waals surface area contributed by atoms with Gasteiger partial charge in [0, 0.05) is 24.7 Å². The van der Waals surface area contributed by atoms with E-state index in [1.165, 1.54) is 6.07 Å². The van der Waals surface area contributed by atoms with Crippen molar-refractivity contribution in [3.8, 4) is 17.6 Å². The Morgan fingerprint density at radius 1 is 1.31 bits per heavy atom. The van der Waals surface area contributed by atoms with E-state index in [0.29, 0.717) is 6.33 Å². The van der Waals surface area contributed by atoms with E-state index in [0.717, 1.165) is 29.8 Å². The summed E-state index contributed by atoms with van der Waals surface area (Å²) in [5.41, 5.74) is -2.85. The molecule has 1 aromatic carbocycles. The van der Waals surface area contributed by atoms with Gasteiger partial charge in [-0.1, -0.05) is 11.6 Å². The summed E-state index contributed by atoms with van der Waals surface area (Å²) in [5.74, 6) is -4.23. The van der Waals surface area contributed by atoms with Gasteiger partial charge >= 0.3 is 6.18 Å². The molecular weight excluding hydrogens is 455 g/mol. The highest BCUT2D eigenvalue weighted by molar-refractivity contribution is 6.42. The Morgan fingerprint density at radius 2 is 2.03 bits per heavy atom. The number of nitriles is 1. The Bertz CT molecular complexity index is 1280. The first kappa shape index (κ1) is 22.8. The van der Waals surface area contributed by atoms with Crippen LogP contribution in [0.15, 0.2) is 39.3 Å². The highest BCUT2D eigenvalue weighted by Crippen LogP contribution is 2.35. The van der Waals surface area contributed by atoms with Crippen LogP contribution in [0.4, 0.5) is 13.2 Å². The summed E-state index contributed by atoms with van der Waals surface area (Å²) >= 11 is 5.83. The zero-order valence-electron chi connectivity index (χ0n) is 16.1. The van der Waals surface area contributed by atoms with Gasteiger partial charge in [-0.25, -0.2) is 9.98 Å². The maximum absolute atomic E-state index is 13.4.